The highest BCUT2D eigenvalue weighted by molar-refractivity contribution is 7.43. The molecule has 7 heteroatoms. The van der Waals surface area contributed by atoms with Crippen molar-refractivity contribution in [1.82, 2.24) is 0 Å². The minimum Gasteiger partial charge on any atom is -0.504 e. The monoisotopic (exact) mass is 400 g/mol. The van der Waals surface area contributed by atoms with E-state index < -0.39 is 8.60 Å². The van der Waals surface area contributed by atoms with Crippen molar-refractivity contribution in [1.29, 1.82) is 0 Å². The van der Waals surface area contributed by atoms with E-state index in [9.17, 15) is 15.3 Å². The van der Waals surface area contributed by atoms with Crippen LogP contribution in [0.2, 0.25) is 0 Å². The summed E-state index contributed by atoms with van der Waals surface area (Å²) in [7, 11) is -2.15. The zero-order valence-electron chi connectivity index (χ0n) is 15.7. The molecule has 0 unspecified atom stereocenters. The van der Waals surface area contributed by atoms with Crippen LogP contribution >= 0.6 is 8.60 Å². The molecule has 3 aromatic carbocycles. The van der Waals surface area contributed by atoms with Crippen LogP contribution in [0.15, 0.2) is 54.6 Å². The van der Waals surface area contributed by atoms with Gasteiger partial charge in [-0.3, -0.25) is 0 Å². The van der Waals surface area contributed by atoms with Gasteiger partial charge >= 0.3 is 8.60 Å². The van der Waals surface area contributed by atoms with E-state index in [0.29, 0.717) is 0 Å². The van der Waals surface area contributed by atoms with Crippen LogP contribution in [0.3, 0.4) is 0 Å². The van der Waals surface area contributed by atoms with Crippen molar-refractivity contribution < 1.29 is 28.9 Å². The van der Waals surface area contributed by atoms with Gasteiger partial charge in [-0.15, -0.1) is 0 Å². The van der Waals surface area contributed by atoms with E-state index in [1.165, 1.54) is 0 Å². The van der Waals surface area contributed by atoms with Crippen molar-refractivity contribution in [2.45, 2.75) is 20.8 Å². The van der Waals surface area contributed by atoms with Gasteiger partial charge < -0.3 is 28.9 Å². The number of benzene rings is 3. The molecule has 0 saturated heterocycles. The van der Waals surface area contributed by atoms with Gasteiger partial charge in [-0.05, 0) is 73.9 Å². The predicted octanol–water partition coefficient (Wildman–Crippen LogP) is 5.49. The predicted molar refractivity (Wildman–Crippen MR) is 107 cm³/mol. The third kappa shape index (κ3) is 4.78. The number of phenols is 3. The largest absolute Gasteiger partial charge is 0.530 e. The fourth-order valence-corrected chi connectivity index (χ4v) is 3.47. The summed E-state index contributed by atoms with van der Waals surface area (Å²) in [6.07, 6.45) is 0. The Morgan fingerprint density at radius 3 is 1.07 bits per heavy atom. The molecule has 0 atom stereocenters. The van der Waals surface area contributed by atoms with E-state index in [1.54, 1.807) is 54.6 Å². The van der Waals surface area contributed by atoms with E-state index in [0.717, 1.165) is 16.7 Å². The van der Waals surface area contributed by atoms with Gasteiger partial charge in [0.05, 0.1) is 0 Å². The molecule has 0 spiro atoms. The van der Waals surface area contributed by atoms with Gasteiger partial charge in [0.2, 0.25) is 0 Å². The lowest BCUT2D eigenvalue weighted by Gasteiger charge is -2.19. The normalized spacial score (nSPS) is 10.7. The number of hydrogen-bond donors (Lipinski definition) is 3. The van der Waals surface area contributed by atoms with Crippen molar-refractivity contribution in [3.05, 3.63) is 71.3 Å². The minimum absolute atomic E-state index is 0.0686. The maximum atomic E-state index is 10.1. The van der Waals surface area contributed by atoms with E-state index in [2.05, 4.69) is 0 Å². The zero-order chi connectivity index (χ0) is 20.3. The first-order valence-corrected chi connectivity index (χ1v) is 9.64. The van der Waals surface area contributed by atoms with E-state index in [1.807, 2.05) is 20.8 Å². The van der Waals surface area contributed by atoms with Gasteiger partial charge in [0, 0.05) is 0 Å². The number of aryl methyl sites for hydroxylation is 3. The van der Waals surface area contributed by atoms with E-state index in [-0.39, 0.29) is 34.5 Å². The Balaban J connectivity index is 1.90. The molecule has 3 N–H and O–H groups in total. The average molecular weight is 400 g/mol. The molecule has 3 aromatic rings. The second kappa shape index (κ2) is 8.28. The van der Waals surface area contributed by atoms with Gasteiger partial charge in [0.15, 0.2) is 34.5 Å². The molecule has 0 aliphatic carbocycles. The lowest BCUT2D eigenvalue weighted by molar-refractivity contribution is 0.351. The van der Waals surface area contributed by atoms with Crippen LogP contribution in [0.25, 0.3) is 0 Å². The van der Waals surface area contributed by atoms with Crippen LogP contribution in [-0.2, 0) is 0 Å². The third-order valence-corrected chi connectivity index (χ3v) is 4.90. The number of aromatic hydroxyl groups is 3. The summed E-state index contributed by atoms with van der Waals surface area (Å²) in [4.78, 5) is 0. The van der Waals surface area contributed by atoms with Gasteiger partial charge in [0.25, 0.3) is 0 Å². The molecular weight excluding hydrogens is 379 g/mol. The Hall–Kier alpha value is -3.11. The molecule has 0 aliphatic heterocycles. The third-order valence-electron chi connectivity index (χ3n) is 3.86. The Morgan fingerprint density at radius 2 is 0.821 bits per heavy atom. The molecule has 0 radical (unpaired) electrons. The molecule has 0 heterocycles. The molecular formula is C21H21O6P. The van der Waals surface area contributed by atoms with E-state index >= 15 is 0 Å². The lowest BCUT2D eigenvalue weighted by atomic mass is 10.2. The van der Waals surface area contributed by atoms with Crippen molar-refractivity contribution in [2.75, 3.05) is 0 Å². The molecule has 0 aromatic heterocycles. The smallest absolute Gasteiger partial charge is 0.504 e. The first-order chi connectivity index (χ1) is 13.3. The van der Waals surface area contributed by atoms with Gasteiger partial charge in [-0.25, -0.2) is 0 Å². The summed E-state index contributed by atoms with van der Waals surface area (Å²) >= 11 is 0. The van der Waals surface area contributed by atoms with Crippen molar-refractivity contribution in [3.63, 3.8) is 0 Å². The zero-order valence-corrected chi connectivity index (χ0v) is 16.6. The quantitative estimate of drug-likeness (QED) is 0.474. The molecule has 0 fully saturated rings. The summed E-state index contributed by atoms with van der Waals surface area (Å²) in [6.45, 7) is 5.52. The Kier molecular flexibility index (Phi) is 5.81. The topological polar surface area (TPSA) is 88.4 Å². The molecule has 146 valence electrons. The van der Waals surface area contributed by atoms with Gasteiger partial charge in [0.1, 0.15) is 0 Å². The molecule has 0 bridgehead atoms. The highest BCUT2D eigenvalue weighted by Gasteiger charge is 2.24. The standard InChI is InChI=1S/C21H21O6P/c1-13-4-7-19(16(22)10-13)25-28(26-20-8-5-14(2)11-17(20)23)27-21-9-6-15(3)12-18(21)24/h4-12,22-24H,1-3H3. The summed E-state index contributed by atoms with van der Waals surface area (Å²) in [5.74, 6) is 0.280. The lowest BCUT2D eigenvalue weighted by Crippen LogP contribution is -2.03. The Morgan fingerprint density at radius 1 is 0.536 bits per heavy atom. The van der Waals surface area contributed by atoms with Crippen LogP contribution < -0.4 is 13.6 Å². The Bertz CT molecular complexity index is 861. The van der Waals surface area contributed by atoms with Gasteiger partial charge in [-0.2, -0.15) is 0 Å². The van der Waals surface area contributed by atoms with Crippen LogP contribution in [0.4, 0.5) is 0 Å². The van der Waals surface area contributed by atoms with Crippen molar-refractivity contribution in [2.24, 2.45) is 0 Å². The summed E-state index contributed by atoms with van der Waals surface area (Å²) in [5, 5.41) is 30.4. The average Bonchev–Trinajstić information content (AvgIpc) is 2.62. The molecule has 28 heavy (non-hydrogen) atoms. The number of hydrogen-bond acceptors (Lipinski definition) is 6. The van der Waals surface area contributed by atoms with Crippen LogP contribution in [-0.4, -0.2) is 15.3 Å². The van der Waals surface area contributed by atoms with Crippen molar-refractivity contribution >= 4 is 8.60 Å². The van der Waals surface area contributed by atoms with Crippen LogP contribution in [0.5, 0.6) is 34.5 Å². The number of phenolic OH excluding ortho intramolecular Hbond substituents is 3. The van der Waals surface area contributed by atoms with Gasteiger partial charge in [-0.1, -0.05) is 18.2 Å². The number of rotatable bonds is 6. The molecule has 0 amide bonds. The fraction of sp³-hybridized carbons (Fsp3) is 0.143. The highest BCUT2D eigenvalue weighted by atomic mass is 31.2. The second-order valence-electron chi connectivity index (χ2n) is 6.41. The molecule has 6 nitrogen and oxygen atoms in total. The van der Waals surface area contributed by atoms with Crippen LogP contribution in [0, 0.1) is 20.8 Å². The molecule has 0 saturated carbocycles. The first-order valence-electron chi connectivity index (χ1n) is 8.55. The van der Waals surface area contributed by atoms with Crippen molar-refractivity contribution in [3.8, 4) is 34.5 Å². The summed E-state index contributed by atoms with van der Waals surface area (Å²) in [6, 6.07) is 14.8. The fourth-order valence-electron chi connectivity index (χ4n) is 2.41. The Labute approximate surface area is 164 Å². The maximum absolute atomic E-state index is 10.1. The minimum atomic E-state index is -2.15. The molecule has 0 aliphatic rings. The summed E-state index contributed by atoms with van der Waals surface area (Å²) < 4.78 is 17.2. The highest BCUT2D eigenvalue weighted by Crippen LogP contribution is 2.48. The van der Waals surface area contributed by atoms with E-state index in [4.69, 9.17) is 13.6 Å². The maximum Gasteiger partial charge on any atom is 0.530 e. The SMILES string of the molecule is Cc1ccc(OP(Oc2ccc(C)cc2O)Oc2ccc(C)cc2O)c(O)c1. The summed E-state index contributed by atoms with van der Waals surface area (Å²) in [5.41, 5.74) is 2.59. The second-order valence-corrected chi connectivity index (χ2v) is 7.41. The first kappa shape index (κ1) is 19.6. The van der Waals surface area contributed by atoms with Crippen LogP contribution in [0.1, 0.15) is 16.7 Å². The molecule has 3 rings (SSSR count).